The van der Waals surface area contributed by atoms with E-state index in [1.165, 1.54) is 0 Å². The molecular formula is C14H21N3O5. The largest absolute Gasteiger partial charge is 0.368 e. The molecule has 3 N–H and O–H groups in total. The lowest BCUT2D eigenvalue weighted by molar-refractivity contribution is -0.139. The highest BCUT2D eigenvalue weighted by molar-refractivity contribution is 5.89. The summed E-state index contributed by atoms with van der Waals surface area (Å²) in [6, 6.07) is -0.583. The van der Waals surface area contributed by atoms with Gasteiger partial charge >= 0.3 is 0 Å². The number of rotatable bonds is 11. The monoisotopic (exact) mass is 311 g/mol. The maximum atomic E-state index is 11.9. The topological polar surface area (TPSA) is 127 Å². The molecule has 1 rings (SSSR count). The average Bonchev–Trinajstić information content (AvgIpc) is 3.26. The van der Waals surface area contributed by atoms with Gasteiger partial charge in [0.05, 0.1) is 12.6 Å². The number of carbonyl (C=O) groups excluding carboxylic acids is 5. The molecule has 0 heterocycles. The second-order valence-corrected chi connectivity index (χ2v) is 5.41. The molecule has 0 bridgehead atoms. The number of carbonyl (C=O) groups is 5. The number of hydrogen-bond donors (Lipinski definition) is 2. The minimum atomic E-state index is -0.753. The molecule has 0 aromatic heterocycles. The first-order valence-electron chi connectivity index (χ1n) is 7.20. The Kier molecular flexibility index (Phi) is 7.21. The van der Waals surface area contributed by atoms with Crippen LogP contribution in [0.4, 0.5) is 0 Å². The van der Waals surface area contributed by atoms with Crippen LogP contribution >= 0.6 is 0 Å². The van der Waals surface area contributed by atoms with Gasteiger partial charge in [-0.25, -0.2) is 0 Å². The Labute approximate surface area is 128 Å². The SMILES string of the molecule is NC(=O)CN(CC(=O)NC(C=O)CC1CC1)C(=O)CCC=O. The van der Waals surface area contributed by atoms with Crippen LogP contribution in [0.5, 0.6) is 0 Å². The second-order valence-electron chi connectivity index (χ2n) is 5.41. The Hall–Kier alpha value is -2.25. The van der Waals surface area contributed by atoms with Gasteiger partial charge in [0.2, 0.25) is 17.7 Å². The lowest BCUT2D eigenvalue weighted by Crippen LogP contribution is -2.47. The average molecular weight is 311 g/mol. The number of aldehydes is 2. The van der Waals surface area contributed by atoms with E-state index in [1.54, 1.807) is 0 Å². The van der Waals surface area contributed by atoms with E-state index in [0.29, 0.717) is 24.9 Å². The molecule has 0 aromatic carbocycles. The number of nitrogens with zero attached hydrogens (tertiary/aromatic N) is 1. The fraction of sp³-hybridized carbons (Fsp3) is 0.643. The van der Waals surface area contributed by atoms with E-state index in [9.17, 15) is 24.0 Å². The predicted molar refractivity (Wildman–Crippen MR) is 76.4 cm³/mol. The van der Waals surface area contributed by atoms with Crippen molar-refractivity contribution in [3.05, 3.63) is 0 Å². The summed E-state index contributed by atoms with van der Waals surface area (Å²) in [5.74, 6) is -1.33. The van der Waals surface area contributed by atoms with Crippen LogP contribution in [0.3, 0.4) is 0 Å². The molecule has 0 aromatic rings. The van der Waals surface area contributed by atoms with E-state index < -0.39 is 30.3 Å². The first-order valence-corrected chi connectivity index (χ1v) is 7.20. The van der Waals surface area contributed by atoms with E-state index in [2.05, 4.69) is 5.32 Å². The van der Waals surface area contributed by atoms with Crippen LogP contribution in [0.2, 0.25) is 0 Å². The van der Waals surface area contributed by atoms with Crippen molar-refractivity contribution in [2.24, 2.45) is 11.7 Å². The van der Waals surface area contributed by atoms with Crippen molar-refractivity contribution < 1.29 is 24.0 Å². The van der Waals surface area contributed by atoms with E-state index in [0.717, 1.165) is 17.7 Å². The molecule has 0 spiro atoms. The number of amides is 3. The molecular weight excluding hydrogens is 290 g/mol. The summed E-state index contributed by atoms with van der Waals surface area (Å²) in [4.78, 5) is 56.9. The Balaban J connectivity index is 2.52. The van der Waals surface area contributed by atoms with Crippen molar-refractivity contribution in [1.29, 1.82) is 0 Å². The highest BCUT2D eigenvalue weighted by Gasteiger charge is 2.27. The van der Waals surface area contributed by atoms with Gasteiger partial charge < -0.3 is 25.5 Å². The van der Waals surface area contributed by atoms with Crippen molar-refractivity contribution >= 4 is 30.3 Å². The Morgan fingerprint density at radius 1 is 1.23 bits per heavy atom. The van der Waals surface area contributed by atoms with Gasteiger partial charge in [0, 0.05) is 12.8 Å². The van der Waals surface area contributed by atoms with Gasteiger partial charge in [-0.15, -0.1) is 0 Å². The van der Waals surface area contributed by atoms with Gasteiger partial charge in [-0.3, -0.25) is 14.4 Å². The van der Waals surface area contributed by atoms with Crippen LogP contribution in [0.1, 0.15) is 32.1 Å². The molecule has 1 unspecified atom stereocenters. The molecule has 0 saturated heterocycles. The zero-order valence-corrected chi connectivity index (χ0v) is 12.3. The summed E-state index contributed by atoms with van der Waals surface area (Å²) in [7, 11) is 0. The molecule has 0 radical (unpaired) electrons. The highest BCUT2D eigenvalue weighted by Crippen LogP contribution is 2.33. The summed E-state index contributed by atoms with van der Waals surface area (Å²) in [5, 5.41) is 2.53. The molecule has 22 heavy (non-hydrogen) atoms. The van der Waals surface area contributed by atoms with Gasteiger partial charge in [0.1, 0.15) is 19.1 Å². The third kappa shape index (κ3) is 6.96. The summed E-state index contributed by atoms with van der Waals surface area (Å²) in [5.41, 5.74) is 5.05. The standard InChI is InChI=1S/C14H21N3O5/c15-12(20)7-17(14(22)2-1-5-18)8-13(21)16-11(9-19)6-10-3-4-10/h5,9-11H,1-4,6-8H2,(H2,15,20)(H,16,21). The summed E-state index contributed by atoms with van der Waals surface area (Å²) in [6.45, 7) is -0.769. The van der Waals surface area contributed by atoms with Crippen LogP contribution < -0.4 is 11.1 Å². The first-order chi connectivity index (χ1) is 10.5. The minimum absolute atomic E-state index is 0.00829. The normalized spacial score (nSPS) is 14.7. The van der Waals surface area contributed by atoms with Crippen molar-refractivity contribution in [2.75, 3.05) is 13.1 Å². The third-order valence-electron chi connectivity index (χ3n) is 3.30. The van der Waals surface area contributed by atoms with Crippen LogP contribution in [-0.2, 0) is 24.0 Å². The highest BCUT2D eigenvalue weighted by atomic mass is 16.2. The van der Waals surface area contributed by atoms with Crippen LogP contribution in [0.15, 0.2) is 0 Å². The molecule has 8 heteroatoms. The molecule has 1 aliphatic rings. The van der Waals surface area contributed by atoms with Gasteiger partial charge in [0.15, 0.2) is 0 Å². The third-order valence-corrected chi connectivity index (χ3v) is 3.30. The van der Waals surface area contributed by atoms with Crippen LogP contribution in [0, 0.1) is 5.92 Å². The number of nitrogens with two attached hydrogens (primary N) is 1. The van der Waals surface area contributed by atoms with Crippen molar-refractivity contribution in [3.8, 4) is 0 Å². The molecule has 1 atom stereocenters. The Morgan fingerprint density at radius 3 is 2.41 bits per heavy atom. The quantitative estimate of drug-likeness (QED) is 0.462. The number of nitrogens with one attached hydrogen (secondary N) is 1. The van der Waals surface area contributed by atoms with Gasteiger partial charge in [-0.2, -0.15) is 0 Å². The molecule has 1 fully saturated rings. The molecule has 1 saturated carbocycles. The van der Waals surface area contributed by atoms with Crippen molar-refractivity contribution in [3.63, 3.8) is 0 Å². The lowest BCUT2D eigenvalue weighted by Gasteiger charge is -2.21. The van der Waals surface area contributed by atoms with Crippen LogP contribution in [-0.4, -0.2) is 54.3 Å². The smallest absolute Gasteiger partial charge is 0.240 e. The van der Waals surface area contributed by atoms with E-state index >= 15 is 0 Å². The molecule has 3 amide bonds. The summed E-state index contributed by atoms with van der Waals surface area (Å²) < 4.78 is 0. The second kappa shape index (κ2) is 8.91. The number of hydrogen-bond acceptors (Lipinski definition) is 5. The van der Waals surface area contributed by atoms with E-state index in [-0.39, 0.29) is 19.4 Å². The van der Waals surface area contributed by atoms with E-state index in [4.69, 9.17) is 5.73 Å². The fourth-order valence-corrected chi connectivity index (χ4v) is 2.05. The van der Waals surface area contributed by atoms with E-state index in [1.807, 2.05) is 0 Å². The lowest BCUT2D eigenvalue weighted by atomic mass is 10.1. The van der Waals surface area contributed by atoms with Crippen LogP contribution in [0.25, 0.3) is 0 Å². The zero-order valence-electron chi connectivity index (χ0n) is 12.3. The fourth-order valence-electron chi connectivity index (χ4n) is 2.05. The predicted octanol–water partition coefficient (Wildman–Crippen LogP) is -1.24. The Morgan fingerprint density at radius 2 is 1.91 bits per heavy atom. The van der Waals surface area contributed by atoms with Crippen molar-refractivity contribution in [2.45, 2.75) is 38.1 Å². The number of primary amides is 1. The summed E-state index contributed by atoms with van der Waals surface area (Å²) >= 11 is 0. The molecule has 1 aliphatic carbocycles. The minimum Gasteiger partial charge on any atom is -0.368 e. The van der Waals surface area contributed by atoms with Gasteiger partial charge in [-0.05, 0) is 12.3 Å². The zero-order chi connectivity index (χ0) is 16.5. The maximum absolute atomic E-state index is 11.9. The van der Waals surface area contributed by atoms with Gasteiger partial charge in [-0.1, -0.05) is 12.8 Å². The maximum Gasteiger partial charge on any atom is 0.240 e. The molecule has 0 aliphatic heterocycles. The first kappa shape index (κ1) is 17.8. The summed E-state index contributed by atoms with van der Waals surface area (Å²) in [6.07, 6.45) is 3.86. The molecule has 122 valence electrons. The molecule has 8 nitrogen and oxygen atoms in total. The Bertz CT molecular complexity index is 448. The van der Waals surface area contributed by atoms with Gasteiger partial charge in [0.25, 0.3) is 0 Å². The van der Waals surface area contributed by atoms with Crippen molar-refractivity contribution in [1.82, 2.24) is 10.2 Å².